The van der Waals surface area contributed by atoms with Gasteiger partial charge in [0.1, 0.15) is 6.07 Å². The molecular formula is C19H21N5O3S2. The lowest BCUT2D eigenvalue weighted by molar-refractivity contribution is -0.129. The molecule has 0 spiro atoms. The number of nitriles is 1. The summed E-state index contributed by atoms with van der Waals surface area (Å²) in [5.41, 5.74) is 0.133. The Labute approximate surface area is 174 Å². The molecule has 1 amide bonds. The standard InChI is InChI=1S/C19H21N5O3S2/c20-13-15-3-1-2-4-17(15)29(26,27)23-11-9-22(10-12-23)18(25)14-28-19-21-7-8-24(19)16-5-6-16/h1-4,7-8,16H,5-6,9-12,14H2. The number of benzene rings is 1. The van der Waals surface area contributed by atoms with Crippen LogP contribution in [0.4, 0.5) is 0 Å². The highest BCUT2D eigenvalue weighted by molar-refractivity contribution is 7.99. The zero-order valence-electron chi connectivity index (χ0n) is 15.8. The summed E-state index contributed by atoms with van der Waals surface area (Å²) in [7, 11) is -3.76. The maximum atomic E-state index is 12.9. The van der Waals surface area contributed by atoms with Gasteiger partial charge in [-0.25, -0.2) is 13.4 Å². The first kappa shape index (κ1) is 19.9. The van der Waals surface area contributed by atoms with Gasteiger partial charge >= 0.3 is 0 Å². The molecule has 2 aliphatic rings. The molecule has 10 heteroatoms. The first-order valence-corrected chi connectivity index (χ1v) is 11.9. The van der Waals surface area contributed by atoms with Crippen LogP contribution in [0.25, 0.3) is 0 Å². The fourth-order valence-corrected chi connectivity index (χ4v) is 5.85. The Morgan fingerprint density at radius 1 is 1.21 bits per heavy atom. The van der Waals surface area contributed by atoms with Crippen LogP contribution < -0.4 is 0 Å². The monoisotopic (exact) mass is 431 g/mol. The predicted molar refractivity (Wildman–Crippen MR) is 108 cm³/mol. The van der Waals surface area contributed by atoms with Crippen molar-refractivity contribution in [2.75, 3.05) is 31.9 Å². The maximum absolute atomic E-state index is 12.9. The topological polar surface area (TPSA) is 99.3 Å². The van der Waals surface area contributed by atoms with E-state index in [2.05, 4.69) is 9.55 Å². The number of thioether (sulfide) groups is 1. The van der Waals surface area contributed by atoms with E-state index in [9.17, 15) is 18.5 Å². The number of rotatable bonds is 6. The highest BCUT2D eigenvalue weighted by atomic mass is 32.2. The third kappa shape index (κ3) is 4.17. The molecule has 1 saturated carbocycles. The van der Waals surface area contributed by atoms with E-state index in [-0.39, 0.29) is 35.2 Å². The molecule has 2 aromatic rings. The molecule has 0 N–H and O–H groups in total. The van der Waals surface area contributed by atoms with Gasteiger partial charge in [-0.1, -0.05) is 23.9 Å². The van der Waals surface area contributed by atoms with E-state index < -0.39 is 10.0 Å². The molecule has 1 aliphatic heterocycles. The van der Waals surface area contributed by atoms with Crippen molar-refractivity contribution in [3.63, 3.8) is 0 Å². The summed E-state index contributed by atoms with van der Waals surface area (Å²) >= 11 is 1.42. The van der Waals surface area contributed by atoms with Gasteiger partial charge in [0, 0.05) is 44.6 Å². The summed E-state index contributed by atoms with van der Waals surface area (Å²) < 4.78 is 29.2. The van der Waals surface area contributed by atoms with Crippen molar-refractivity contribution >= 4 is 27.7 Å². The second-order valence-corrected chi connectivity index (χ2v) is 9.88. The Hall–Kier alpha value is -2.35. The van der Waals surface area contributed by atoms with Crippen LogP contribution in [0.5, 0.6) is 0 Å². The second kappa shape index (κ2) is 8.18. The highest BCUT2D eigenvalue weighted by Crippen LogP contribution is 2.37. The van der Waals surface area contributed by atoms with Crippen molar-refractivity contribution in [2.45, 2.75) is 28.9 Å². The molecule has 1 saturated heterocycles. The summed E-state index contributed by atoms with van der Waals surface area (Å²) in [6, 6.07) is 8.64. The van der Waals surface area contributed by atoms with Crippen LogP contribution in [0.3, 0.4) is 0 Å². The van der Waals surface area contributed by atoms with Gasteiger partial charge in [0.25, 0.3) is 0 Å². The van der Waals surface area contributed by atoms with E-state index in [1.54, 1.807) is 23.2 Å². The smallest absolute Gasteiger partial charge is 0.244 e. The summed E-state index contributed by atoms with van der Waals surface area (Å²) in [5, 5.41) is 10.1. The summed E-state index contributed by atoms with van der Waals surface area (Å²) in [5.74, 6) is 0.267. The predicted octanol–water partition coefficient (Wildman–Crippen LogP) is 1.71. The number of imidazole rings is 1. The van der Waals surface area contributed by atoms with Crippen molar-refractivity contribution < 1.29 is 13.2 Å². The van der Waals surface area contributed by atoms with Crippen molar-refractivity contribution in [1.29, 1.82) is 5.26 Å². The zero-order chi connectivity index (χ0) is 20.4. The van der Waals surface area contributed by atoms with Crippen LogP contribution in [0.2, 0.25) is 0 Å². The van der Waals surface area contributed by atoms with Crippen molar-refractivity contribution in [3.8, 4) is 6.07 Å². The highest BCUT2D eigenvalue weighted by Gasteiger charge is 2.32. The van der Waals surface area contributed by atoms with E-state index in [0.717, 1.165) is 18.0 Å². The second-order valence-electron chi connectivity index (χ2n) is 7.03. The van der Waals surface area contributed by atoms with E-state index in [0.29, 0.717) is 19.1 Å². The number of hydrogen-bond donors (Lipinski definition) is 0. The zero-order valence-corrected chi connectivity index (χ0v) is 17.4. The Morgan fingerprint density at radius 2 is 1.93 bits per heavy atom. The van der Waals surface area contributed by atoms with Crippen LogP contribution in [-0.4, -0.2) is 65.0 Å². The molecule has 1 aromatic carbocycles. The van der Waals surface area contributed by atoms with Gasteiger partial charge in [0.05, 0.1) is 16.2 Å². The third-order valence-corrected chi connectivity index (χ3v) is 8.04. The Morgan fingerprint density at radius 3 is 2.62 bits per heavy atom. The SMILES string of the molecule is N#Cc1ccccc1S(=O)(=O)N1CCN(C(=O)CSc2nccn2C2CC2)CC1. The molecule has 1 aliphatic carbocycles. The van der Waals surface area contributed by atoms with Gasteiger partial charge < -0.3 is 9.47 Å². The first-order valence-electron chi connectivity index (χ1n) is 9.43. The Kier molecular flexibility index (Phi) is 5.63. The number of amides is 1. The summed E-state index contributed by atoms with van der Waals surface area (Å²) in [4.78, 5) is 18.6. The van der Waals surface area contributed by atoms with Gasteiger partial charge in [0.15, 0.2) is 5.16 Å². The number of carbonyl (C=O) groups excluding carboxylic acids is 1. The van der Waals surface area contributed by atoms with Gasteiger partial charge in [-0.3, -0.25) is 4.79 Å². The van der Waals surface area contributed by atoms with E-state index >= 15 is 0 Å². The van der Waals surface area contributed by atoms with Crippen molar-refractivity contribution in [2.24, 2.45) is 0 Å². The lowest BCUT2D eigenvalue weighted by Crippen LogP contribution is -2.51. The van der Waals surface area contributed by atoms with Crippen LogP contribution in [0.15, 0.2) is 46.7 Å². The molecule has 2 heterocycles. The Balaban J connectivity index is 1.34. The number of hydrogen-bond acceptors (Lipinski definition) is 6. The number of sulfonamides is 1. The molecule has 2 fully saturated rings. The molecule has 0 atom stereocenters. The minimum absolute atomic E-state index is 0.0183. The fourth-order valence-electron chi connectivity index (χ4n) is 3.36. The van der Waals surface area contributed by atoms with Gasteiger partial charge in [-0.2, -0.15) is 9.57 Å². The average molecular weight is 432 g/mol. The van der Waals surface area contributed by atoms with E-state index in [4.69, 9.17) is 0 Å². The summed E-state index contributed by atoms with van der Waals surface area (Å²) in [6.45, 7) is 1.11. The number of nitrogens with zero attached hydrogens (tertiary/aromatic N) is 5. The summed E-state index contributed by atoms with van der Waals surface area (Å²) in [6.07, 6.45) is 6.02. The van der Waals surface area contributed by atoms with Crippen LogP contribution in [0, 0.1) is 11.3 Å². The first-order chi connectivity index (χ1) is 14.0. The maximum Gasteiger partial charge on any atom is 0.244 e. The molecule has 8 nitrogen and oxygen atoms in total. The van der Waals surface area contributed by atoms with Gasteiger partial charge in [-0.05, 0) is 25.0 Å². The van der Waals surface area contributed by atoms with Crippen LogP contribution >= 0.6 is 11.8 Å². The van der Waals surface area contributed by atoms with Crippen LogP contribution in [-0.2, 0) is 14.8 Å². The molecule has 0 unspecified atom stereocenters. The minimum Gasteiger partial charge on any atom is -0.339 e. The quantitative estimate of drug-likeness (QED) is 0.646. The number of aromatic nitrogens is 2. The van der Waals surface area contributed by atoms with E-state index in [1.165, 1.54) is 28.2 Å². The molecule has 0 bridgehead atoms. The molecule has 0 radical (unpaired) electrons. The number of piperazine rings is 1. The molecular weight excluding hydrogens is 410 g/mol. The number of carbonyl (C=O) groups is 1. The fraction of sp³-hybridized carbons (Fsp3) is 0.421. The normalized spacial score (nSPS) is 17.8. The molecule has 29 heavy (non-hydrogen) atoms. The Bertz CT molecular complexity index is 1050. The van der Waals surface area contributed by atoms with Crippen molar-refractivity contribution in [3.05, 3.63) is 42.2 Å². The third-order valence-electron chi connectivity index (χ3n) is 5.11. The van der Waals surface area contributed by atoms with Gasteiger partial charge in [0.2, 0.25) is 15.9 Å². The van der Waals surface area contributed by atoms with Crippen molar-refractivity contribution in [1.82, 2.24) is 18.8 Å². The molecule has 4 rings (SSSR count). The molecule has 1 aromatic heterocycles. The minimum atomic E-state index is -3.76. The lowest BCUT2D eigenvalue weighted by atomic mass is 10.2. The molecule has 152 valence electrons. The van der Waals surface area contributed by atoms with Crippen LogP contribution in [0.1, 0.15) is 24.4 Å². The average Bonchev–Trinajstić information content (AvgIpc) is 3.49. The van der Waals surface area contributed by atoms with E-state index in [1.807, 2.05) is 12.3 Å². The lowest BCUT2D eigenvalue weighted by Gasteiger charge is -2.34. The largest absolute Gasteiger partial charge is 0.339 e. The van der Waals surface area contributed by atoms with Gasteiger partial charge in [-0.15, -0.1) is 0 Å².